The predicted molar refractivity (Wildman–Crippen MR) is 162 cm³/mol. The van der Waals surface area contributed by atoms with Crippen molar-refractivity contribution < 1.29 is 77.7 Å². The maximum Gasteiger partial charge on any atom is 0.320 e. The first-order chi connectivity index (χ1) is 22.2. The number of nitrogens with zero attached hydrogens (tertiary/aromatic N) is 3. The van der Waals surface area contributed by atoms with Gasteiger partial charge in [0.1, 0.15) is 6.61 Å². The summed E-state index contributed by atoms with van der Waals surface area (Å²) in [5, 5.41) is 33.8. The molecule has 0 unspecified atom stereocenters. The van der Waals surface area contributed by atoms with Gasteiger partial charge in [-0.05, 0) is 27.7 Å². The molecule has 0 radical (unpaired) electrons. The Hall–Kier alpha value is -3.91. The molecule has 274 valence electrons. The Morgan fingerprint density at radius 2 is 0.745 bits per heavy atom. The Morgan fingerprint density at radius 3 is 0.979 bits per heavy atom. The third kappa shape index (κ3) is 34.8. The number of carbonyl (C=O) groups excluding carboxylic acids is 5. The smallest absolute Gasteiger partial charge is 0.320 e. The van der Waals surface area contributed by atoms with Gasteiger partial charge in [0, 0.05) is 26.6 Å². The van der Waals surface area contributed by atoms with E-state index in [0.717, 1.165) is 4.90 Å². The summed E-state index contributed by atoms with van der Waals surface area (Å²) < 4.78 is 23.9. The van der Waals surface area contributed by atoms with Gasteiger partial charge in [-0.1, -0.05) is 0 Å². The molecular formula is C28H51N3O16. The molecule has 0 spiro atoms. The zero-order chi connectivity index (χ0) is 36.6. The van der Waals surface area contributed by atoms with E-state index >= 15 is 0 Å². The average Bonchev–Trinajstić information content (AvgIpc) is 2.93. The second kappa shape index (κ2) is 32.0. The van der Waals surface area contributed by atoms with Crippen LogP contribution in [0.4, 0.5) is 0 Å². The quantitative estimate of drug-likeness (QED) is 0.0659. The number of hydrogen-bond acceptors (Lipinski definition) is 17. The maximum absolute atomic E-state index is 11.4. The zero-order valence-corrected chi connectivity index (χ0v) is 27.8. The number of carboxylic acids is 2. The molecule has 0 atom stereocenters. The Kier molecular flexibility index (Phi) is 32.4. The van der Waals surface area contributed by atoms with E-state index in [4.69, 9.17) is 44.1 Å². The van der Waals surface area contributed by atoms with Crippen molar-refractivity contribution in [3.8, 4) is 0 Å². The topological polar surface area (TPSA) is 256 Å². The van der Waals surface area contributed by atoms with Gasteiger partial charge < -0.3 is 44.1 Å². The molecule has 47 heavy (non-hydrogen) atoms. The van der Waals surface area contributed by atoms with Crippen LogP contribution in [-0.2, 0) is 57.2 Å². The van der Waals surface area contributed by atoms with Crippen LogP contribution in [0.2, 0.25) is 0 Å². The lowest BCUT2D eigenvalue weighted by molar-refractivity contribution is -0.150. The number of aliphatic hydroxyl groups excluding tert-OH is 2. The summed E-state index contributed by atoms with van der Waals surface area (Å²) in [6.07, 6.45) is 0. The van der Waals surface area contributed by atoms with Gasteiger partial charge >= 0.3 is 41.8 Å². The molecular weight excluding hydrogens is 634 g/mol. The van der Waals surface area contributed by atoms with Gasteiger partial charge in [0.2, 0.25) is 0 Å². The van der Waals surface area contributed by atoms with Gasteiger partial charge in [-0.3, -0.25) is 48.3 Å². The van der Waals surface area contributed by atoms with Crippen molar-refractivity contribution in [1.82, 2.24) is 14.7 Å². The second-order valence-corrected chi connectivity index (χ2v) is 8.93. The number of ether oxygens (including phenoxy) is 5. The van der Waals surface area contributed by atoms with Crippen LogP contribution in [0, 0.1) is 0 Å². The van der Waals surface area contributed by atoms with Gasteiger partial charge in [0.15, 0.2) is 0 Å². The number of aliphatic carboxylic acids is 2. The lowest BCUT2D eigenvalue weighted by Crippen LogP contribution is -2.38. The molecule has 4 N–H and O–H groups in total. The molecule has 0 amide bonds. The van der Waals surface area contributed by atoms with Crippen LogP contribution >= 0.6 is 0 Å². The summed E-state index contributed by atoms with van der Waals surface area (Å²) in [4.78, 5) is 80.1. The third-order valence-corrected chi connectivity index (χ3v) is 4.90. The molecule has 0 saturated heterocycles. The lowest BCUT2D eigenvalue weighted by Gasteiger charge is -2.19. The van der Waals surface area contributed by atoms with E-state index < -0.39 is 41.8 Å². The first-order valence-electron chi connectivity index (χ1n) is 14.8. The minimum Gasteiger partial charge on any atom is -0.480 e. The van der Waals surface area contributed by atoms with E-state index in [9.17, 15) is 33.6 Å². The molecule has 0 aromatic rings. The van der Waals surface area contributed by atoms with Crippen molar-refractivity contribution in [2.24, 2.45) is 0 Å². The van der Waals surface area contributed by atoms with Crippen LogP contribution in [0.3, 0.4) is 0 Å². The second-order valence-electron chi connectivity index (χ2n) is 8.93. The van der Waals surface area contributed by atoms with Crippen LogP contribution in [0.1, 0.15) is 34.6 Å². The number of carboxylic acid groups (broad SMARTS) is 2. The zero-order valence-electron chi connectivity index (χ0n) is 27.8. The normalized spacial score (nSPS) is 10.2. The van der Waals surface area contributed by atoms with E-state index in [-0.39, 0.29) is 91.9 Å². The molecule has 0 aliphatic rings. The minimum absolute atomic E-state index is 0.0206. The SMILES string of the molecule is CCOC(=O)CN(CCO)CC(=O)OCC.CCOC(=O)CN(CCOC(C)=O)CC(=O)OCC.O=C(O)CN(CCO)CC(=O)O. The number of carbonyl (C=O) groups is 7. The monoisotopic (exact) mass is 685 g/mol. The van der Waals surface area contributed by atoms with E-state index in [0.29, 0.717) is 13.2 Å². The summed E-state index contributed by atoms with van der Waals surface area (Å²) in [7, 11) is 0. The van der Waals surface area contributed by atoms with Crippen molar-refractivity contribution >= 4 is 41.8 Å². The largest absolute Gasteiger partial charge is 0.480 e. The van der Waals surface area contributed by atoms with Crippen molar-refractivity contribution in [3.63, 3.8) is 0 Å². The first-order valence-corrected chi connectivity index (χ1v) is 14.8. The summed E-state index contributed by atoms with van der Waals surface area (Å²) in [5.41, 5.74) is 0. The van der Waals surface area contributed by atoms with Gasteiger partial charge in [0.25, 0.3) is 0 Å². The molecule has 0 aromatic heterocycles. The summed E-state index contributed by atoms with van der Waals surface area (Å²) in [6, 6.07) is 0. The highest BCUT2D eigenvalue weighted by atomic mass is 16.5. The molecule has 0 rings (SSSR count). The molecule has 19 nitrogen and oxygen atoms in total. The van der Waals surface area contributed by atoms with Gasteiger partial charge in [-0.2, -0.15) is 0 Å². The fourth-order valence-electron chi connectivity index (χ4n) is 3.18. The summed E-state index contributed by atoms with van der Waals surface area (Å²) in [5.74, 6) is -4.33. The Bertz CT molecular complexity index is 862. The number of aliphatic hydroxyl groups is 2. The number of esters is 5. The Balaban J connectivity index is -0.000000634. The summed E-state index contributed by atoms with van der Waals surface area (Å²) >= 11 is 0. The molecule has 0 aromatic carbocycles. The van der Waals surface area contributed by atoms with Gasteiger partial charge in [0.05, 0.1) is 78.9 Å². The van der Waals surface area contributed by atoms with Crippen molar-refractivity contribution in [2.45, 2.75) is 34.6 Å². The standard InChI is InChI=1S/C12H21NO6.C10H19NO5.C6H11NO5/c1-4-17-11(15)8-13(6-7-19-10(3)14)9-12(16)18-5-2;1-3-15-9(13)7-11(5-6-12)8-10(14)16-4-2;8-2-1-7(3-5(9)10)4-6(11)12/h4-9H2,1-3H3;12H,3-8H2,1-2H3;8H,1-4H2,(H,9,10)(H,11,12). The first kappa shape index (κ1) is 47.5. The molecule has 0 aliphatic heterocycles. The lowest BCUT2D eigenvalue weighted by atomic mass is 10.4. The highest BCUT2D eigenvalue weighted by molar-refractivity contribution is 5.76. The van der Waals surface area contributed by atoms with Crippen LogP contribution in [0.5, 0.6) is 0 Å². The van der Waals surface area contributed by atoms with Crippen LogP contribution < -0.4 is 0 Å². The fraction of sp³-hybridized carbons (Fsp3) is 0.750. The highest BCUT2D eigenvalue weighted by Crippen LogP contribution is 1.95. The van der Waals surface area contributed by atoms with Crippen LogP contribution in [0.25, 0.3) is 0 Å². The van der Waals surface area contributed by atoms with E-state index in [1.54, 1.807) is 27.7 Å². The van der Waals surface area contributed by atoms with Gasteiger partial charge in [-0.15, -0.1) is 0 Å². The fourth-order valence-corrected chi connectivity index (χ4v) is 3.18. The predicted octanol–water partition coefficient (Wildman–Crippen LogP) is -2.17. The molecule has 0 heterocycles. The number of rotatable bonds is 23. The van der Waals surface area contributed by atoms with Crippen molar-refractivity contribution in [3.05, 3.63) is 0 Å². The minimum atomic E-state index is -1.11. The Morgan fingerprint density at radius 1 is 0.468 bits per heavy atom. The molecule has 0 saturated carbocycles. The van der Waals surface area contributed by atoms with Crippen molar-refractivity contribution in [2.75, 3.05) is 105 Å². The van der Waals surface area contributed by atoms with E-state index in [1.807, 2.05) is 0 Å². The maximum atomic E-state index is 11.4. The van der Waals surface area contributed by atoms with E-state index in [2.05, 4.69) is 0 Å². The van der Waals surface area contributed by atoms with Crippen LogP contribution in [0.15, 0.2) is 0 Å². The van der Waals surface area contributed by atoms with E-state index in [1.165, 1.54) is 16.7 Å². The third-order valence-electron chi connectivity index (χ3n) is 4.90. The average molecular weight is 686 g/mol. The Labute approximate surface area is 274 Å². The molecule has 0 bridgehead atoms. The molecule has 0 aliphatic carbocycles. The molecule has 0 fully saturated rings. The summed E-state index contributed by atoms with van der Waals surface area (Å²) in [6.45, 7) is 8.66. The van der Waals surface area contributed by atoms with Crippen molar-refractivity contribution in [1.29, 1.82) is 0 Å². The highest BCUT2D eigenvalue weighted by Gasteiger charge is 2.17. The van der Waals surface area contributed by atoms with Crippen LogP contribution in [-0.4, -0.2) is 182 Å². The number of hydrogen-bond donors (Lipinski definition) is 4. The molecule has 19 heteroatoms. The van der Waals surface area contributed by atoms with Gasteiger partial charge in [-0.25, -0.2) is 0 Å².